The van der Waals surface area contributed by atoms with Crippen molar-refractivity contribution in [3.8, 4) is 5.75 Å². The second-order valence-electron chi connectivity index (χ2n) is 6.83. The first kappa shape index (κ1) is 19.2. The van der Waals surface area contributed by atoms with Gasteiger partial charge in [0, 0.05) is 6.42 Å². The standard InChI is InChI=1S/C24H22N2O2S/c1-17-7-3-5-9-21(17)26(24-25-20-8-4-6-10-22(20)29-24)23(27)16-13-18-11-14-19(28-2)15-12-18/h3-12,14-15H,13,16H2,1-2H3. The summed E-state index contributed by atoms with van der Waals surface area (Å²) in [4.78, 5) is 19.8. The van der Waals surface area contributed by atoms with Gasteiger partial charge in [-0.15, -0.1) is 0 Å². The third-order valence-corrected chi connectivity index (χ3v) is 5.89. The number of rotatable bonds is 6. The van der Waals surface area contributed by atoms with Gasteiger partial charge >= 0.3 is 0 Å². The Labute approximate surface area is 174 Å². The fourth-order valence-corrected chi connectivity index (χ4v) is 4.27. The van der Waals surface area contributed by atoms with Crippen molar-refractivity contribution in [2.75, 3.05) is 12.0 Å². The van der Waals surface area contributed by atoms with E-state index < -0.39 is 0 Å². The van der Waals surface area contributed by atoms with E-state index in [1.54, 1.807) is 23.3 Å². The number of amides is 1. The molecular weight excluding hydrogens is 380 g/mol. The number of hydrogen-bond donors (Lipinski definition) is 0. The molecule has 0 spiro atoms. The molecule has 4 rings (SSSR count). The SMILES string of the molecule is COc1ccc(CCC(=O)N(c2nc3ccccc3s2)c2ccccc2C)cc1. The highest BCUT2D eigenvalue weighted by Crippen LogP contribution is 2.35. The first-order chi connectivity index (χ1) is 14.2. The van der Waals surface area contributed by atoms with Crippen LogP contribution < -0.4 is 9.64 Å². The molecule has 4 aromatic rings. The Bertz CT molecular complexity index is 1100. The summed E-state index contributed by atoms with van der Waals surface area (Å²) in [5.74, 6) is 0.852. The highest BCUT2D eigenvalue weighted by molar-refractivity contribution is 7.22. The Morgan fingerprint density at radius 1 is 1.00 bits per heavy atom. The lowest BCUT2D eigenvalue weighted by Gasteiger charge is -2.22. The molecule has 5 heteroatoms. The largest absolute Gasteiger partial charge is 0.497 e. The van der Waals surface area contributed by atoms with Crippen LogP contribution in [0.4, 0.5) is 10.8 Å². The molecule has 29 heavy (non-hydrogen) atoms. The van der Waals surface area contributed by atoms with E-state index >= 15 is 0 Å². The van der Waals surface area contributed by atoms with Gasteiger partial charge in [-0.3, -0.25) is 9.69 Å². The van der Waals surface area contributed by atoms with Gasteiger partial charge in [0.05, 0.1) is 23.0 Å². The first-order valence-corrected chi connectivity index (χ1v) is 10.3. The molecule has 0 unspecified atom stereocenters. The molecule has 0 atom stereocenters. The predicted octanol–water partition coefficient (Wildman–Crippen LogP) is 5.91. The molecule has 0 fully saturated rings. The number of aryl methyl sites for hydroxylation is 2. The van der Waals surface area contributed by atoms with Crippen LogP contribution in [0.1, 0.15) is 17.5 Å². The van der Waals surface area contributed by atoms with E-state index in [9.17, 15) is 4.79 Å². The number of anilines is 2. The Hall–Kier alpha value is -3.18. The van der Waals surface area contributed by atoms with E-state index in [1.165, 1.54) is 0 Å². The summed E-state index contributed by atoms with van der Waals surface area (Å²) < 4.78 is 6.28. The van der Waals surface area contributed by atoms with Crippen molar-refractivity contribution in [2.45, 2.75) is 19.8 Å². The summed E-state index contributed by atoms with van der Waals surface area (Å²) in [6, 6.07) is 23.8. The van der Waals surface area contributed by atoms with Crippen LogP contribution in [-0.2, 0) is 11.2 Å². The molecule has 0 aliphatic carbocycles. The van der Waals surface area contributed by atoms with Crippen molar-refractivity contribution in [1.29, 1.82) is 0 Å². The second kappa shape index (κ2) is 8.45. The maximum atomic E-state index is 13.3. The zero-order valence-corrected chi connectivity index (χ0v) is 17.3. The highest BCUT2D eigenvalue weighted by atomic mass is 32.1. The van der Waals surface area contributed by atoms with Gasteiger partial charge in [0.25, 0.3) is 0 Å². The molecule has 0 aliphatic rings. The number of thiazole rings is 1. The van der Waals surface area contributed by atoms with Crippen LogP contribution in [0.2, 0.25) is 0 Å². The number of nitrogens with zero attached hydrogens (tertiary/aromatic N) is 2. The van der Waals surface area contributed by atoms with Crippen molar-refractivity contribution < 1.29 is 9.53 Å². The molecule has 0 saturated heterocycles. The number of carbonyl (C=O) groups excluding carboxylic acids is 1. The summed E-state index contributed by atoms with van der Waals surface area (Å²) >= 11 is 1.54. The second-order valence-corrected chi connectivity index (χ2v) is 7.84. The zero-order chi connectivity index (χ0) is 20.2. The lowest BCUT2D eigenvalue weighted by Crippen LogP contribution is -2.26. The maximum absolute atomic E-state index is 13.3. The van der Waals surface area contributed by atoms with Crippen molar-refractivity contribution in [1.82, 2.24) is 4.98 Å². The number of methoxy groups -OCH3 is 1. The van der Waals surface area contributed by atoms with Crippen LogP contribution in [0.25, 0.3) is 10.2 Å². The Morgan fingerprint density at radius 2 is 1.72 bits per heavy atom. The molecule has 4 nitrogen and oxygen atoms in total. The van der Waals surface area contributed by atoms with E-state index in [0.717, 1.165) is 32.8 Å². The van der Waals surface area contributed by atoms with Crippen LogP contribution in [0.15, 0.2) is 72.8 Å². The van der Waals surface area contributed by atoms with Crippen molar-refractivity contribution >= 4 is 38.3 Å². The molecule has 0 N–H and O–H groups in total. The minimum Gasteiger partial charge on any atom is -0.497 e. The Balaban J connectivity index is 1.64. The maximum Gasteiger partial charge on any atom is 0.233 e. The summed E-state index contributed by atoms with van der Waals surface area (Å²) in [6.07, 6.45) is 1.06. The van der Waals surface area contributed by atoms with E-state index in [0.29, 0.717) is 18.0 Å². The molecule has 0 saturated carbocycles. The lowest BCUT2D eigenvalue weighted by molar-refractivity contribution is -0.117. The molecule has 0 bridgehead atoms. The molecule has 1 heterocycles. The van der Waals surface area contributed by atoms with E-state index in [2.05, 4.69) is 0 Å². The minimum absolute atomic E-state index is 0.0363. The first-order valence-electron chi connectivity index (χ1n) is 9.53. The van der Waals surface area contributed by atoms with Gasteiger partial charge in [-0.1, -0.05) is 53.8 Å². The highest BCUT2D eigenvalue weighted by Gasteiger charge is 2.22. The normalized spacial score (nSPS) is 10.8. The van der Waals surface area contributed by atoms with Gasteiger partial charge in [-0.05, 0) is 54.8 Å². The number of hydrogen-bond acceptors (Lipinski definition) is 4. The van der Waals surface area contributed by atoms with E-state index in [-0.39, 0.29) is 5.91 Å². The van der Waals surface area contributed by atoms with Crippen LogP contribution in [0.5, 0.6) is 5.75 Å². The van der Waals surface area contributed by atoms with Crippen molar-refractivity contribution in [3.05, 3.63) is 83.9 Å². The zero-order valence-electron chi connectivity index (χ0n) is 16.5. The van der Waals surface area contributed by atoms with Gasteiger partial charge in [-0.2, -0.15) is 0 Å². The molecular formula is C24H22N2O2S. The number of benzene rings is 3. The summed E-state index contributed by atoms with van der Waals surface area (Å²) in [5.41, 5.74) is 3.94. The van der Waals surface area contributed by atoms with Gasteiger partial charge in [0.2, 0.25) is 5.91 Å². The summed E-state index contributed by atoms with van der Waals surface area (Å²) in [6.45, 7) is 2.02. The lowest BCUT2D eigenvalue weighted by atomic mass is 10.1. The third-order valence-electron chi connectivity index (χ3n) is 4.87. The average molecular weight is 403 g/mol. The predicted molar refractivity (Wildman–Crippen MR) is 119 cm³/mol. The number of ether oxygens (including phenoxy) is 1. The van der Waals surface area contributed by atoms with Gasteiger partial charge in [-0.25, -0.2) is 4.98 Å². The van der Waals surface area contributed by atoms with Crippen molar-refractivity contribution in [3.63, 3.8) is 0 Å². The average Bonchev–Trinajstić information content (AvgIpc) is 3.18. The van der Waals surface area contributed by atoms with Gasteiger partial charge < -0.3 is 4.74 Å². The number of carbonyl (C=O) groups is 1. The van der Waals surface area contributed by atoms with Gasteiger partial charge in [0.15, 0.2) is 5.13 Å². The van der Waals surface area contributed by atoms with E-state index in [1.807, 2.05) is 79.7 Å². The number of aromatic nitrogens is 1. The Kier molecular flexibility index (Phi) is 5.58. The van der Waals surface area contributed by atoms with Crippen LogP contribution >= 0.6 is 11.3 Å². The fraction of sp³-hybridized carbons (Fsp3) is 0.167. The van der Waals surface area contributed by atoms with Gasteiger partial charge in [0.1, 0.15) is 5.75 Å². The summed E-state index contributed by atoms with van der Waals surface area (Å²) in [5, 5.41) is 0.709. The van der Waals surface area contributed by atoms with Crippen LogP contribution in [-0.4, -0.2) is 18.0 Å². The Morgan fingerprint density at radius 3 is 2.45 bits per heavy atom. The fourth-order valence-electron chi connectivity index (χ4n) is 3.27. The summed E-state index contributed by atoms with van der Waals surface area (Å²) in [7, 11) is 1.65. The quantitative estimate of drug-likeness (QED) is 0.403. The molecule has 146 valence electrons. The van der Waals surface area contributed by atoms with Crippen LogP contribution in [0, 0.1) is 6.92 Å². The molecule has 1 amide bonds. The third kappa shape index (κ3) is 4.15. The topological polar surface area (TPSA) is 42.4 Å². The smallest absolute Gasteiger partial charge is 0.233 e. The molecule has 0 aliphatic heterocycles. The van der Waals surface area contributed by atoms with E-state index in [4.69, 9.17) is 9.72 Å². The number of para-hydroxylation sites is 2. The molecule has 0 radical (unpaired) electrons. The monoisotopic (exact) mass is 402 g/mol. The molecule has 3 aromatic carbocycles. The van der Waals surface area contributed by atoms with Crippen LogP contribution in [0.3, 0.4) is 0 Å². The van der Waals surface area contributed by atoms with Crippen molar-refractivity contribution in [2.24, 2.45) is 0 Å². The number of fused-ring (bicyclic) bond motifs is 1. The minimum atomic E-state index is 0.0363. The molecule has 1 aromatic heterocycles.